The maximum absolute atomic E-state index is 13.7. The molecule has 2 aromatic carbocycles. The minimum Gasteiger partial charge on any atom is -0.370 e. The number of thiazole rings is 1. The number of nitriles is 2. The van der Waals surface area contributed by atoms with Crippen molar-refractivity contribution in [1.82, 2.24) is 4.98 Å². The largest absolute Gasteiger partial charge is 0.370 e. The Morgan fingerprint density at radius 3 is 2.36 bits per heavy atom. The molecule has 0 amide bonds. The highest BCUT2D eigenvalue weighted by Gasteiger charge is 2.47. The van der Waals surface area contributed by atoms with Crippen LogP contribution in [0.5, 0.6) is 0 Å². The first kappa shape index (κ1) is 28.5. The lowest BCUT2D eigenvalue weighted by Gasteiger charge is -2.31. The zero-order valence-corrected chi connectivity index (χ0v) is 24.9. The van der Waals surface area contributed by atoms with E-state index < -0.39 is 15.1 Å². The average Bonchev–Trinajstić information content (AvgIpc) is 3.64. The van der Waals surface area contributed by atoms with Crippen molar-refractivity contribution in [3.8, 4) is 33.3 Å². The molecule has 6 rings (SSSR count). The second-order valence-corrected chi connectivity index (χ2v) is 15.2. The molecule has 0 radical (unpaired) electrons. The molecule has 3 aromatic rings. The lowest BCUT2D eigenvalue weighted by atomic mass is 9.73. The first-order valence-corrected chi connectivity index (χ1v) is 17.2. The van der Waals surface area contributed by atoms with Crippen LogP contribution in [0, 0.1) is 39.9 Å². The number of aromatic nitrogens is 1. The van der Waals surface area contributed by atoms with Gasteiger partial charge in [0.25, 0.3) is 0 Å². The standard InChI is InChI=1S/C32H32FN5O2S2/c33-24-9-5-23(6-10-24)31-37-29(27-4-2-1-3-26(27)28(39)19-32(20-34)13-14-32)30(41-31)22-7-11-25(12-8-22)38-15-17-42(40,18-16-38)36-21-35/h5-12,26-27H,1-4,13-19H2/t26-,27-/m1/s1. The number of hydrogen-bond acceptors (Lipinski definition) is 8. The van der Waals surface area contributed by atoms with Crippen molar-refractivity contribution in [2.24, 2.45) is 15.7 Å². The second-order valence-electron chi connectivity index (χ2n) is 11.7. The fourth-order valence-electron chi connectivity index (χ4n) is 6.26. The number of nitrogens with zero attached hydrogens (tertiary/aromatic N) is 5. The number of anilines is 1. The number of Topliss-reactive ketones (excluding diaryl/α,β-unsaturated/α-hetero) is 1. The molecule has 2 atom stereocenters. The van der Waals surface area contributed by atoms with E-state index in [-0.39, 0.29) is 23.4 Å². The Hall–Kier alpha value is -3.60. The average molecular weight is 602 g/mol. The van der Waals surface area contributed by atoms with Gasteiger partial charge < -0.3 is 4.90 Å². The SMILES string of the molecule is N#CN=S1(=O)CCN(c2ccc(-c3sc(-c4ccc(F)cc4)nc3[C@@H]3CCCC[C@H]3C(=O)CC3(C#N)CC3)cc2)CC1. The molecule has 2 heterocycles. The molecule has 216 valence electrons. The molecule has 0 N–H and O–H groups in total. The van der Waals surface area contributed by atoms with Crippen LogP contribution in [-0.4, -0.2) is 39.6 Å². The molecule has 0 spiro atoms. The fourth-order valence-corrected chi connectivity index (χ4v) is 8.95. The summed E-state index contributed by atoms with van der Waals surface area (Å²) >= 11 is 1.56. The van der Waals surface area contributed by atoms with E-state index in [1.165, 1.54) is 12.1 Å². The van der Waals surface area contributed by atoms with Gasteiger partial charge in [-0.15, -0.1) is 15.7 Å². The summed E-state index contributed by atoms with van der Waals surface area (Å²) in [5.74, 6) is 0.429. The summed E-state index contributed by atoms with van der Waals surface area (Å²) in [5, 5.41) is 19.3. The molecule has 0 unspecified atom stereocenters. The Morgan fingerprint density at radius 2 is 1.71 bits per heavy atom. The lowest BCUT2D eigenvalue weighted by molar-refractivity contribution is -0.125. The number of ketones is 1. The second kappa shape index (κ2) is 11.6. The topological polar surface area (TPSA) is 110 Å². The first-order chi connectivity index (χ1) is 20.3. The number of rotatable bonds is 7. The molecule has 1 aromatic heterocycles. The van der Waals surface area contributed by atoms with Crippen LogP contribution in [0.2, 0.25) is 0 Å². The Morgan fingerprint density at radius 1 is 1.05 bits per heavy atom. The third kappa shape index (κ3) is 5.84. The van der Waals surface area contributed by atoms with Gasteiger partial charge in [-0.05, 0) is 67.6 Å². The predicted molar refractivity (Wildman–Crippen MR) is 163 cm³/mol. The molecule has 2 aliphatic carbocycles. The normalized spacial score (nSPS) is 22.5. The van der Waals surface area contributed by atoms with E-state index in [9.17, 15) is 18.7 Å². The molecule has 3 aliphatic rings. The molecular formula is C32H32FN5O2S2. The maximum Gasteiger partial charge on any atom is 0.214 e. The highest BCUT2D eigenvalue weighted by atomic mass is 32.2. The van der Waals surface area contributed by atoms with Crippen molar-refractivity contribution in [2.45, 2.75) is 50.9 Å². The van der Waals surface area contributed by atoms with Gasteiger partial charge in [0, 0.05) is 42.6 Å². The van der Waals surface area contributed by atoms with E-state index in [1.807, 2.05) is 0 Å². The third-order valence-corrected chi connectivity index (χ3v) is 12.2. The van der Waals surface area contributed by atoms with Crippen molar-refractivity contribution in [2.75, 3.05) is 29.5 Å². The highest BCUT2D eigenvalue weighted by molar-refractivity contribution is 7.93. The van der Waals surface area contributed by atoms with Crippen molar-refractivity contribution in [1.29, 1.82) is 10.5 Å². The van der Waals surface area contributed by atoms with Crippen LogP contribution in [0.3, 0.4) is 0 Å². The van der Waals surface area contributed by atoms with Gasteiger partial charge in [-0.3, -0.25) is 4.79 Å². The van der Waals surface area contributed by atoms with E-state index in [0.717, 1.165) is 70.9 Å². The molecule has 3 fully saturated rings. The fraction of sp³-hybridized carbons (Fsp3) is 0.438. The molecule has 1 saturated heterocycles. The predicted octanol–water partition coefficient (Wildman–Crippen LogP) is 6.92. The zero-order chi connectivity index (χ0) is 29.3. The number of carbonyl (C=O) groups is 1. The van der Waals surface area contributed by atoms with Crippen LogP contribution in [0.1, 0.15) is 56.6 Å². The van der Waals surface area contributed by atoms with E-state index in [4.69, 9.17) is 10.2 Å². The van der Waals surface area contributed by atoms with Crippen molar-refractivity contribution in [3.05, 3.63) is 60.0 Å². The summed E-state index contributed by atoms with van der Waals surface area (Å²) in [5.41, 5.74) is 3.31. The summed E-state index contributed by atoms with van der Waals surface area (Å²) in [6.07, 6.45) is 7.34. The molecule has 2 saturated carbocycles. The Bertz CT molecular complexity index is 1680. The van der Waals surface area contributed by atoms with Crippen molar-refractivity contribution in [3.63, 3.8) is 0 Å². The number of hydrogen-bond donors (Lipinski definition) is 0. The lowest BCUT2D eigenvalue weighted by Crippen LogP contribution is -2.40. The maximum atomic E-state index is 13.7. The van der Waals surface area contributed by atoms with E-state index in [2.05, 4.69) is 39.6 Å². The molecular weight excluding hydrogens is 570 g/mol. The Kier molecular flexibility index (Phi) is 7.87. The smallest absolute Gasteiger partial charge is 0.214 e. The Labute approximate surface area is 250 Å². The summed E-state index contributed by atoms with van der Waals surface area (Å²) < 4.78 is 30.0. The first-order valence-electron chi connectivity index (χ1n) is 14.5. The monoisotopic (exact) mass is 601 g/mol. The van der Waals surface area contributed by atoms with Crippen LogP contribution in [0.4, 0.5) is 10.1 Å². The quantitative estimate of drug-likeness (QED) is 0.272. The number of benzene rings is 2. The number of carbonyl (C=O) groups excluding carboxylic acids is 1. The molecule has 10 heteroatoms. The third-order valence-electron chi connectivity index (χ3n) is 8.94. The summed E-state index contributed by atoms with van der Waals surface area (Å²) in [7, 11) is -2.45. The van der Waals surface area contributed by atoms with E-state index in [0.29, 0.717) is 31.0 Å². The number of halogens is 1. The van der Waals surface area contributed by atoms with Gasteiger partial charge in [-0.25, -0.2) is 13.6 Å². The summed E-state index contributed by atoms with van der Waals surface area (Å²) in [6.45, 7) is 1.14. The van der Waals surface area contributed by atoms with Gasteiger partial charge in [0.2, 0.25) is 6.19 Å². The molecule has 0 bridgehead atoms. The van der Waals surface area contributed by atoms with Gasteiger partial charge in [0.05, 0.1) is 43.3 Å². The summed E-state index contributed by atoms with van der Waals surface area (Å²) in [6, 6.07) is 17.0. The minimum absolute atomic E-state index is 0.0278. The highest BCUT2D eigenvalue weighted by Crippen LogP contribution is 2.51. The molecule has 1 aliphatic heterocycles. The van der Waals surface area contributed by atoms with Gasteiger partial charge in [0.1, 0.15) is 16.6 Å². The van der Waals surface area contributed by atoms with Crippen LogP contribution >= 0.6 is 11.3 Å². The minimum atomic E-state index is -2.45. The van der Waals surface area contributed by atoms with Crippen LogP contribution < -0.4 is 4.90 Å². The summed E-state index contributed by atoms with van der Waals surface area (Å²) in [4.78, 5) is 21.9. The molecule has 7 nitrogen and oxygen atoms in total. The molecule has 42 heavy (non-hydrogen) atoms. The van der Waals surface area contributed by atoms with Crippen molar-refractivity contribution >= 4 is 32.5 Å². The van der Waals surface area contributed by atoms with Crippen LogP contribution in [0.25, 0.3) is 21.0 Å². The van der Waals surface area contributed by atoms with Gasteiger partial charge in [0.15, 0.2) is 0 Å². The Balaban J connectivity index is 1.32. The van der Waals surface area contributed by atoms with Gasteiger partial charge in [-0.2, -0.15) is 10.5 Å². The van der Waals surface area contributed by atoms with E-state index in [1.54, 1.807) is 29.7 Å². The van der Waals surface area contributed by atoms with Gasteiger partial charge in [-0.1, -0.05) is 25.0 Å². The zero-order valence-electron chi connectivity index (χ0n) is 23.3. The van der Waals surface area contributed by atoms with E-state index >= 15 is 0 Å². The van der Waals surface area contributed by atoms with Gasteiger partial charge >= 0.3 is 0 Å². The van der Waals surface area contributed by atoms with Crippen LogP contribution in [-0.2, 0) is 14.5 Å². The van der Waals surface area contributed by atoms with Crippen LogP contribution in [0.15, 0.2) is 52.9 Å². The van der Waals surface area contributed by atoms with Crippen molar-refractivity contribution < 1.29 is 13.4 Å².